The molecule has 4 heterocycles. The van der Waals surface area contributed by atoms with Gasteiger partial charge in [0.25, 0.3) is 5.56 Å². The Kier molecular flexibility index (Phi) is 13.2. The number of hydrogen-bond donors (Lipinski definition) is 3. The van der Waals surface area contributed by atoms with Crippen molar-refractivity contribution in [2.24, 2.45) is 5.92 Å². The maximum Gasteiger partial charge on any atom is 0.342 e. The van der Waals surface area contributed by atoms with Crippen LogP contribution in [0.1, 0.15) is 108 Å². The van der Waals surface area contributed by atoms with E-state index < -0.39 is 35.7 Å². The zero-order valence-corrected chi connectivity index (χ0v) is 34.2. The molecular formula is C48H53N3O9. The first-order valence-corrected chi connectivity index (χ1v) is 20.9. The first-order chi connectivity index (χ1) is 29.0. The summed E-state index contributed by atoms with van der Waals surface area (Å²) in [6, 6.07) is 22.0. The van der Waals surface area contributed by atoms with Gasteiger partial charge in [0.05, 0.1) is 13.2 Å². The number of nitrogens with one attached hydrogen (secondary N) is 1. The number of aromatic nitrogens is 1. The highest BCUT2D eigenvalue weighted by Crippen LogP contribution is 2.44. The van der Waals surface area contributed by atoms with Gasteiger partial charge in [-0.05, 0) is 85.9 Å². The van der Waals surface area contributed by atoms with Gasteiger partial charge < -0.3 is 34.5 Å². The van der Waals surface area contributed by atoms with Crippen LogP contribution in [0.25, 0.3) is 6.08 Å². The monoisotopic (exact) mass is 815 g/mol. The molecule has 1 aromatic heterocycles. The number of methoxy groups -OCH3 is 1. The molecule has 0 spiro atoms. The lowest BCUT2D eigenvalue weighted by molar-refractivity contribution is -0.138. The number of Topliss-reactive ketones (excluding diaryl/α,β-unsaturated/α-hetero) is 1. The summed E-state index contributed by atoms with van der Waals surface area (Å²) in [6.07, 6.45) is 6.65. The molecule has 5 atom stereocenters. The van der Waals surface area contributed by atoms with Gasteiger partial charge in [0.2, 0.25) is 11.8 Å². The summed E-state index contributed by atoms with van der Waals surface area (Å²) in [5, 5.41) is 26.8. The van der Waals surface area contributed by atoms with E-state index in [-0.39, 0.29) is 64.4 Å². The summed E-state index contributed by atoms with van der Waals surface area (Å²) in [4.78, 5) is 69.7. The molecule has 3 N–H and O–H groups in total. The van der Waals surface area contributed by atoms with E-state index in [1.165, 1.54) is 13.2 Å². The molecule has 0 radical (unpaired) electrons. The normalized spacial score (nSPS) is 20.4. The maximum atomic E-state index is 14.6. The van der Waals surface area contributed by atoms with Gasteiger partial charge in [-0.2, -0.15) is 0 Å². The van der Waals surface area contributed by atoms with Crippen molar-refractivity contribution in [3.63, 3.8) is 0 Å². The lowest BCUT2D eigenvalue weighted by Gasteiger charge is -2.43. The summed E-state index contributed by atoms with van der Waals surface area (Å²) in [5.74, 6) is -2.60. The van der Waals surface area contributed by atoms with Crippen molar-refractivity contribution in [2.75, 3.05) is 20.2 Å². The molecule has 1 saturated heterocycles. The highest BCUT2D eigenvalue weighted by molar-refractivity contribution is 5.98. The Balaban J connectivity index is 1.21. The Hall–Kier alpha value is -6.17. The number of fused-ring (bicyclic) bond motifs is 5. The number of rotatable bonds is 9. The van der Waals surface area contributed by atoms with Gasteiger partial charge in [-0.3, -0.25) is 19.2 Å². The number of benzene rings is 3. The quantitative estimate of drug-likeness (QED) is 0.157. The third-order valence-corrected chi connectivity index (χ3v) is 12.0. The van der Waals surface area contributed by atoms with Crippen molar-refractivity contribution < 1.29 is 38.9 Å². The molecule has 314 valence electrons. The number of ether oxygens (including phenoxy) is 2. The van der Waals surface area contributed by atoms with Crippen molar-refractivity contribution in [3.05, 3.63) is 129 Å². The van der Waals surface area contributed by atoms with Crippen LogP contribution in [0.15, 0.2) is 89.7 Å². The summed E-state index contributed by atoms with van der Waals surface area (Å²) in [6.45, 7) is 3.11. The van der Waals surface area contributed by atoms with E-state index in [9.17, 15) is 34.2 Å². The van der Waals surface area contributed by atoms with Crippen molar-refractivity contribution in [2.45, 2.75) is 95.2 Å². The number of phenolic OH excluding ortho intramolecular Hbond substituents is 2. The Bertz CT molecular complexity index is 2300. The van der Waals surface area contributed by atoms with Crippen LogP contribution in [0, 0.1) is 5.92 Å². The number of likely N-dealkylation sites (tertiary alicyclic amines) is 1. The number of cyclic esters (lactones) is 1. The van der Waals surface area contributed by atoms with Crippen LogP contribution < -0.4 is 15.6 Å². The maximum absolute atomic E-state index is 14.6. The Labute approximate surface area is 349 Å². The van der Waals surface area contributed by atoms with Crippen LogP contribution in [0.4, 0.5) is 0 Å². The summed E-state index contributed by atoms with van der Waals surface area (Å²) in [7, 11) is 1.53. The predicted octanol–water partition coefficient (Wildman–Crippen LogP) is 6.65. The minimum atomic E-state index is -0.980. The zero-order chi connectivity index (χ0) is 42.3. The van der Waals surface area contributed by atoms with Crippen LogP contribution in [0.2, 0.25) is 0 Å². The number of ketones is 1. The van der Waals surface area contributed by atoms with Crippen molar-refractivity contribution in [1.82, 2.24) is 14.8 Å². The molecule has 1 fully saturated rings. The molecule has 12 nitrogen and oxygen atoms in total. The van der Waals surface area contributed by atoms with Gasteiger partial charge in [0.15, 0.2) is 0 Å². The van der Waals surface area contributed by atoms with Gasteiger partial charge in [-0.15, -0.1) is 0 Å². The van der Waals surface area contributed by atoms with E-state index in [1.807, 2.05) is 41.0 Å². The largest absolute Gasteiger partial charge is 0.507 e. The number of allylic oxidation sites excluding steroid dienone is 1. The van der Waals surface area contributed by atoms with Crippen molar-refractivity contribution in [3.8, 4) is 17.2 Å². The first kappa shape index (κ1) is 42.0. The lowest BCUT2D eigenvalue weighted by Crippen LogP contribution is -2.55. The molecule has 3 aromatic carbocycles. The molecular weight excluding hydrogens is 763 g/mol. The Morgan fingerprint density at radius 3 is 2.47 bits per heavy atom. The van der Waals surface area contributed by atoms with Gasteiger partial charge in [0.1, 0.15) is 34.6 Å². The second-order valence-electron chi connectivity index (χ2n) is 16.3. The van der Waals surface area contributed by atoms with Crippen LogP contribution in [0.5, 0.6) is 17.2 Å². The Morgan fingerprint density at radius 2 is 1.70 bits per heavy atom. The van der Waals surface area contributed by atoms with E-state index in [2.05, 4.69) is 5.32 Å². The molecule has 3 aliphatic heterocycles. The molecule has 0 aliphatic carbocycles. The number of pyridine rings is 1. The number of phenols is 2. The van der Waals surface area contributed by atoms with E-state index in [0.717, 1.165) is 17.7 Å². The van der Waals surface area contributed by atoms with Crippen molar-refractivity contribution >= 4 is 29.6 Å². The van der Waals surface area contributed by atoms with Gasteiger partial charge in [-0.25, -0.2) is 4.79 Å². The number of piperidine rings is 1. The number of hydrogen-bond acceptors (Lipinski definition) is 9. The molecule has 0 saturated carbocycles. The Morgan fingerprint density at radius 1 is 0.933 bits per heavy atom. The minimum Gasteiger partial charge on any atom is -0.507 e. The molecule has 4 aromatic rings. The highest BCUT2D eigenvalue weighted by Gasteiger charge is 2.39. The second-order valence-corrected chi connectivity index (χ2v) is 16.3. The van der Waals surface area contributed by atoms with E-state index in [1.54, 1.807) is 60.4 Å². The fourth-order valence-electron chi connectivity index (χ4n) is 9.03. The fourth-order valence-corrected chi connectivity index (χ4v) is 9.03. The minimum absolute atomic E-state index is 0.0171. The third kappa shape index (κ3) is 9.65. The van der Waals surface area contributed by atoms with Crippen LogP contribution in [-0.2, 0) is 32.1 Å². The average molecular weight is 816 g/mol. The number of nitrogens with zero attached hydrogens (tertiary/aromatic N) is 2. The van der Waals surface area contributed by atoms with E-state index in [4.69, 9.17) is 9.47 Å². The fraction of sp³-hybridized carbons (Fsp3) is 0.396. The summed E-state index contributed by atoms with van der Waals surface area (Å²) >= 11 is 0. The third-order valence-electron chi connectivity index (χ3n) is 12.0. The first-order valence-electron chi connectivity index (χ1n) is 20.9. The summed E-state index contributed by atoms with van der Waals surface area (Å²) in [5.41, 5.74) is 2.31. The number of esters is 1. The highest BCUT2D eigenvalue weighted by atomic mass is 16.5. The molecule has 60 heavy (non-hydrogen) atoms. The number of carbonyl (C=O) groups is 4. The SMILES string of the molecule is COc1ccc(C(CC(=O)NC(Cc2ccccc2)C(=O)N2C[C@H]3C[C@@H](C2)c2cccc(=O)n2C3)c2c(O)cc3c(c2O)C(=O)O[C@@H](C)CCCC(=O)CCCC=C3)cc1. The predicted molar refractivity (Wildman–Crippen MR) is 226 cm³/mol. The van der Waals surface area contributed by atoms with Gasteiger partial charge in [0, 0.05) is 74.5 Å². The van der Waals surface area contributed by atoms with Gasteiger partial charge >= 0.3 is 5.97 Å². The van der Waals surface area contributed by atoms with E-state index in [0.29, 0.717) is 69.5 Å². The molecule has 7 rings (SSSR count). The lowest BCUT2D eigenvalue weighted by atomic mass is 9.82. The second kappa shape index (κ2) is 18.8. The van der Waals surface area contributed by atoms with Crippen LogP contribution in [0.3, 0.4) is 0 Å². The standard InChI is InChI=1S/C48H53N3O9/c1-30-11-9-16-36(52)15-8-4-7-14-34-25-41(53)45(46(56)44(34)48(58)60-30)38(33-19-21-37(59-2)22-20-33)26-42(54)49-39(24-31-12-5-3-6-13-31)47(57)50-27-32-23-35(29-50)40-17-10-18-43(55)51(40)28-32/h3,5-7,10,12-14,17-22,25,30,32,35,38-39,53,56H,4,8-9,11,15-16,23-24,26-29H2,1-2H3,(H,49,54)/t30-,32+,35-,38?,39?/m0/s1. The van der Waals surface area contributed by atoms with Crippen molar-refractivity contribution in [1.29, 1.82) is 0 Å². The molecule has 2 bridgehead atoms. The number of aromatic hydroxyl groups is 2. The topological polar surface area (TPSA) is 164 Å². The summed E-state index contributed by atoms with van der Waals surface area (Å²) < 4.78 is 13.0. The van der Waals surface area contributed by atoms with Crippen LogP contribution >= 0.6 is 0 Å². The molecule has 12 heteroatoms. The molecule has 2 unspecified atom stereocenters. The van der Waals surface area contributed by atoms with Gasteiger partial charge in [-0.1, -0.05) is 60.7 Å². The molecule has 3 aliphatic rings. The van der Waals surface area contributed by atoms with E-state index >= 15 is 0 Å². The average Bonchev–Trinajstić information content (AvgIpc) is 3.23. The zero-order valence-electron chi connectivity index (χ0n) is 34.2. The number of carbonyl (C=O) groups excluding carboxylic acids is 4. The number of amides is 2. The van der Waals surface area contributed by atoms with Crippen LogP contribution in [-0.4, -0.2) is 75.6 Å². The molecule has 2 amide bonds. The smallest absolute Gasteiger partial charge is 0.342 e.